The SMILES string of the molecule is Cc1nc(CN2CCC(c3cc(-c4cnn5c4N(C)CC5)n[nH]3)CC2)nc2ccccc12. The quantitative estimate of drug-likeness (QED) is 0.537. The molecule has 5 heterocycles. The fraction of sp³-hybridized carbons (Fsp3) is 0.417. The smallest absolute Gasteiger partial charge is 0.143 e. The van der Waals surface area contributed by atoms with Crippen molar-refractivity contribution < 1.29 is 0 Å². The van der Waals surface area contributed by atoms with Crippen LogP contribution in [0.3, 0.4) is 0 Å². The van der Waals surface area contributed by atoms with Crippen molar-refractivity contribution in [2.24, 2.45) is 0 Å². The van der Waals surface area contributed by atoms with E-state index in [-0.39, 0.29) is 0 Å². The zero-order chi connectivity index (χ0) is 21.7. The summed E-state index contributed by atoms with van der Waals surface area (Å²) in [5.41, 5.74) is 5.44. The largest absolute Gasteiger partial charge is 0.357 e. The van der Waals surface area contributed by atoms with E-state index in [1.807, 2.05) is 18.3 Å². The molecular formula is C24H28N8. The van der Waals surface area contributed by atoms with Crippen molar-refractivity contribution in [2.75, 3.05) is 31.6 Å². The number of para-hydroxylation sites is 1. The number of H-pyrrole nitrogens is 1. The number of rotatable bonds is 4. The summed E-state index contributed by atoms with van der Waals surface area (Å²) >= 11 is 0. The molecule has 1 saturated heterocycles. The van der Waals surface area contributed by atoms with E-state index in [0.717, 1.165) is 79.2 Å². The molecule has 1 fully saturated rings. The average Bonchev–Trinajstić information content (AvgIpc) is 3.53. The maximum atomic E-state index is 4.79. The van der Waals surface area contributed by atoms with E-state index in [0.29, 0.717) is 5.92 Å². The molecule has 0 amide bonds. The summed E-state index contributed by atoms with van der Waals surface area (Å²) in [6.45, 7) is 6.92. The van der Waals surface area contributed by atoms with E-state index >= 15 is 0 Å². The lowest BCUT2D eigenvalue weighted by atomic mass is 9.93. The third kappa shape index (κ3) is 3.35. The minimum absolute atomic E-state index is 0.508. The van der Waals surface area contributed by atoms with E-state index in [4.69, 9.17) is 9.97 Å². The second kappa shape index (κ2) is 7.70. The van der Waals surface area contributed by atoms with Gasteiger partial charge in [0.1, 0.15) is 11.6 Å². The van der Waals surface area contributed by atoms with Gasteiger partial charge in [0, 0.05) is 36.3 Å². The molecule has 0 radical (unpaired) electrons. The van der Waals surface area contributed by atoms with Crippen LogP contribution in [0.15, 0.2) is 36.5 Å². The molecule has 8 nitrogen and oxygen atoms in total. The zero-order valence-corrected chi connectivity index (χ0v) is 18.6. The molecule has 1 aromatic carbocycles. The van der Waals surface area contributed by atoms with Gasteiger partial charge in [0.2, 0.25) is 0 Å². The topological polar surface area (TPSA) is 78.8 Å². The number of benzene rings is 1. The van der Waals surface area contributed by atoms with Crippen LogP contribution in [0, 0.1) is 6.92 Å². The number of likely N-dealkylation sites (N-methyl/N-ethyl adjacent to an activating group) is 1. The summed E-state index contributed by atoms with van der Waals surface area (Å²) in [6, 6.07) is 10.5. The first-order valence-corrected chi connectivity index (χ1v) is 11.4. The van der Waals surface area contributed by atoms with Gasteiger partial charge in [0.15, 0.2) is 0 Å². The number of nitrogens with zero attached hydrogens (tertiary/aromatic N) is 7. The van der Waals surface area contributed by atoms with Crippen LogP contribution in [0.2, 0.25) is 0 Å². The van der Waals surface area contributed by atoms with Gasteiger partial charge in [0.25, 0.3) is 0 Å². The van der Waals surface area contributed by atoms with Crippen LogP contribution in [0.25, 0.3) is 22.2 Å². The van der Waals surface area contributed by atoms with E-state index in [9.17, 15) is 0 Å². The van der Waals surface area contributed by atoms with Gasteiger partial charge in [-0.2, -0.15) is 10.2 Å². The molecule has 2 aliphatic heterocycles. The third-order valence-electron chi connectivity index (χ3n) is 6.93. The number of nitrogens with one attached hydrogen (secondary N) is 1. The predicted octanol–water partition coefficient (Wildman–Crippen LogP) is 3.35. The van der Waals surface area contributed by atoms with Crippen LogP contribution in [-0.2, 0) is 13.1 Å². The van der Waals surface area contributed by atoms with Crippen LogP contribution in [-0.4, -0.2) is 61.5 Å². The van der Waals surface area contributed by atoms with Crippen LogP contribution < -0.4 is 4.90 Å². The molecule has 164 valence electrons. The van der Waals surface area contributed by atoms with E-state index in [1.165, 1.54) is 11.5 Å². The molecule has 3 aromatic heterocycles. The zero-order valence-electron chi connectivity index (χ0n) is 18.6. The third-order valence-corrected chi connectivity index (χ3v) is 6.93. The predicted molar refractivity (Wildman–Crippen MR) is 125 cm³/mol. The molecule has 0 unspecified atom stereocenters. The first-order valence-electron chi connectivity index (χ1n) is 11.4. The van der Waals surface area contributed by atoms with Crippen molar-refractivity contribution in [2.45, 2.75) is 38.8 Å². The van der Waals surface area contributed by atoms with Crippen molar-refractivity contribution in [1.29, 1.82) is 0 Å². The number of hydrogen-bond donors (Lipinski definition) is 1. The van der Waals surface area contributed by atoms with E-state index in [1.54, 1.807) is 0 Å². The second-order valence-corrected chi connectivity index (χ2v) is 9.03. The number of likely N-dealkylation sites (tertiary alicyclic amines) is 1. The van der Waals surface area contributed by atoms with Crippen molar-refractivity contribution in [3.05, 3.63) is 53.7 Å². The summed E-state index contributed by atoms with van der Waals surface area (Å²) in [5, 5.41) is 13.6. The minimum Gasteiger partial charge on any atom is -0.357 e. The lowest BCUT2D eigenvalue weighted by Gasteiger charge is -2.30. The lowest BCUT2D eigenvalue weighted by molar-refractivity contribution is 0.199. The molecule has 0 saturated carbocycles. The van der Waals surface area contributed by atoms with E-state index in [2.05, 4.69) is 61.9 Å². The Kier molecular flexibility index (Phi) is 4.68. The summed E-state index contributed by atoms with van der Waals surface area (Å²) in [5.74, 6) is 2.60. The number of hydrogen-bond acceptors (Lipinski definition) is 6. The first-order chi connectivity index (χ1) is 15.7. The number of aromatic amines is 1. The van der Waals surface area contributed by atoms with Crippen molar-refractivity contribution in [1.82, 2.24) is 34.8 Å². The summed E-state index contributed by atoms with van der Waals surface area (Å²) in [7, 11) is 2.12. The number of piperidine rings is 1. The molecule has 2 aliphatic rings. The Hall–Kier alpha value is -3.26. The molecular weight excluding hydrogens is 400 g/mol. The van der Waals surface area contributed by atoms with Crippen molar-refractivity contribution >= 4 is 16.7 Å². The average molecular weight is 429 g/mol. The molecule has 0 bridgehead atoms. The second-order valence-electron chi connectivity index (χ2n) is 9.03. The molecule has 1 N–H and O–H groups in total. The summed E-state index contributed by atoms with van der Waals surface area (Å²) < 4.78 is 2.07. The fourth-order valence-corrected chi connectivity index (χ4v) is 5.13. The van der Waals surface area contributed by atoms with Crippen LogP contribution in [0.5, 0.6) is 0 Å². The lowest BCUT2D eigenvalue weighted by Crippen LogP contribution is -2.33. The summed E-state index contributed by atoms with van der Waals surface area (Å²) in [4.78, 5) is 14.3. The normalized spacial score (nSPS) is 17.4. The first kappa shape index (κ1) is 19.4. The molecule has 0 aliphatic carbocycles. The Morgan fingerprint density at radius 3 is 2.78 bits per heavy atom. The highest BCUT2D eigenvalue weighted by molar-refractivity contribution is 5.80. The number of aryl methyl sites for hydroxylation is 1. The number of aromatic nitrogens is 6. The van der Waals surface area contributed by atoms with Crippen LogP contribution >= 0.6 is 0 Å². The highest BCUT2D eigenvalue weighted by Crippen LogP contribution is 2.35. The Balaban J connectivity index is 1.13. The Bertz CT molecular complexity index is 1260. The van der Waals surface area contributed by atoms with Gasteiger partial charge in [-0.05, 0) is 45.0 Å². The van der Waals surface area contributed by atoms with Crippen molar-refractivity contribution in [3.63, 3.8) is 0 Å². The van der Waals surface area contributed by atoms with Gasteiger partial charge >= 0.3 is 0 Å². The van der Waals surface area contributed by atoms with Crippen LogP contribution in [0.1, 0.15) is 36.0 Å². The number of anilines is 1. The van der Waals surface area contributed by atoms with Gasteiger partial charge in [-0.3, -0.25) is 10.00 Å². The summed E-state index contributed by atoms with van der Waals surface area (Å²) in [6.07, 6.45) is 4.17. The Labute approximate surface area is 187 Å². The highest BCUT2D eigenvalue weighted by Gasteiger charge is 2.26. The maximum absolute atomic E-state index is 4.79. The van der Waals surface area contributed by atoms with Gasteiger partial charge in [0.05, 0.1) is 36.1 Å². The van der Waals surface area contributed by atoms with Gasteiger partial charge < -0.3 is 4.90 Å². The van der Waals surface area contributed by atoms with Gasteiger partial charge in [-0.15, -0.1) is 0 Å². The molecule has 8 heteroatoms. The highest BCUT2D eigenvalue weighted by atomic mass is 15.4. The van der Waals surface area contributed by atoms with Crippen molar-refractivity contribution in [3.8, 4) is 11.3 Å². The van der Waals surface area contributed by atoms with Gasteiger partial charge in [-0.1, -0.05) is 18.2 Å². The molecule has 32 heavy (non-hydrogen) atoms. The molecule has 0 spiro atoms. The van der Waals surface area contributed by atoms with Gasteiger partial charge in [-0.25, -0.2) is 14.6 Å². The molecule has 0 atom stereocenters. The Morgan fingerprint density at radius 1 is 1.06 bits per heavy atom. The fourth-order valence-electron chi connectivity index (χ4n) is 5.13. The van der Waals surface area contributed by atoms with E-state index < -0.39 is 0 Å². The maximum Gasteiger partial charge on any atom is 0.143 e. The molecule has 6 rings (SSSR count). The standard InChI is InChI=1S/C24H28N8/c1-16-18-5-3-4-6-20(18)27-23(26-16)15-31-9-7-17(8-10-31)21-13-22(29-28-21)19-14-25-32-12-11-30(2)24(19)32/h3-6,13-14,17H,7-12,15H2,1-2H3,(H,28,29). The monoisotopic (exact) mass is 428 g/mol. The number of fused-ring (bicyclic) bond motifs is 2. The Morgan fingerprint density at radius 2 is 1.91 bits per heavy atom. The minimum atomic E-state index is 0.508. The van der Waals surface area contributed by atoms with Crippen LogP contribution in [0.4, 0.5) is 5.82 Å². The molecule has 4 aromatic rings.